The summed E-state index contributed by atoms with van der Waals surface area (Å²) in [5, 5.41) is 11.6. The highest BCUT2D eigenvalue weighted by Gasteiger charge is 2.25. The molecule has 2 heterocycles. The number of halogens is 3. The first-order chi connectivity index (χ1) is 13.8. The molecule has 3 rings (SSSR count). The highest BCUT2D eigenvalue weighted by atomic mass is 35.5. The molecular formula is C20H23ClF2N4O2. The molecule has 1 aliphatic rings. The van der Waals surface area contributed by atoms with Crippen molar-refractivity contribution in [3.8, 4) is 0 Å². The Hall–Kier alpha value is -2.32. The number of hydrogen-bond donors (Lipinski definition) is 2. The predicted octanol–water partition coefficient (Wildman–Crippen LogP) is 3.41. The van der Waals surface area contributed by atoms with Gasteiger partial charge in [-0.15, -0.1) is 0 Å². The van der Waals surface area contributed by atoms with Crippen LogP contribution in [0.5, 0.6) is 0 Å². The van der Waals surface area contributed by atoms with Crippen LogP contribution in [-0.2, 0) is 19.4 Å². The summed E-state index contributed by atoms with van der Waals surface area (Å²) in [6.45, 7) is 4.31. The minimum atomic E-state index is -0.739. The molecule has 2 amide bonds. The van der Waals surface area contributed by atoms with Crippen LogP contribution in [0, 0.1) is 17.6 Å². The van der Waals surface area contributed by atoms with Crippen molar-refractivity contribution < 1.29 is 18.7 Å². The van der Waals surface area contributed by atoms with Crippen LogP contribution in [0.4, 0.5) is 13.6 Å². The van der Waals surface area contributed by atoms with Gasteiger partial charge in [0.25, 0.3) is 0 Å². The highest BCUT2D eigenvalue weighted by molar-refractivity contribution is 6.30. The molecular weight excluding hydrogens is 402 g/mol. The zero-order valence-electron chi connectivity index (χ0n) is 16.3. The van der Waals surface area contributed by atoms with Gasteiger partial charge in [0.1, 0.15) is 17.5 Å². The van der Waals surface area contributed by atoms with Gasteiger partial charge in [0.15, 0.2) is 0 Å². The molecule has 9 heteroatoms. The van der Waals surface area contributed by atoms with E-state index < -0.39 is 17.7 Å². The van der Waals surface area contributed by atoms with E-state index >= 15 is 0 Å². The molecule has 0 bridgehead atoms. The summed E-state index contributed by atoms with van der Waals surface area (Å²) >= 11 is 5.58. The zero-order chi connectivity index (χ0) is 21.1. The van der Waals surface area contributed by atoms with Crippen molar-refractivity contribution in [3.63, 3.8) is 0 Å². The number of aliphatic hydroxyl groups excluding tert-OH is 1. The Morgan fingerprint density at radius 2 is 2.10 bits per heavy atom. The number of amides is 2. The molecule has 1 aliphatic heterocycles. The van der Waals surface area contributed by atoms with Gasteiger partial charge in [0, 0.05) is 31.3 Å². The molecule has 0 spiro atoms. The number of aromatic nitrogens is 2. The quantitative estimate of drug-likeness (QED) is 0.721. The lowest BCUT2D eigenvalue weighted by Crippen LogP contribution is -2.44. The lowest BCUT2D eigenvalue weighted by Gasteiger charge is -2.29. The SMILES string of the molecule is C[C@@H](CO)Cc1ncc2c(n1)CN(C(=O)N[C@H](C)c1cc(F)c(Cl)cc1F)CC2. The molecule has 0 aliphatic carbocycles. The molecule has 156 valence electrons. The Balaban J connectivity index is 1.69. The van der Waals surface area contributed by atoms with Gasteiger partial charge < -0.3 is 15.3 Å². The van der Waals surface area contributed by atoms with Crippen molar-refractivity contribution in [2.75, 3.05) is 13.2 Å². The third kappa shape index (κ3) is 5.00. The maximum atomic E-state index is 14.1. The van der Waals surface area contributed by atoms with Crippen LogP contribution >= 0.6 is 11.6 Å². The Bertz CT molecular complexity index is 912. The maximum absolute atomic E-state index is 14.1. The third-order valence-electron chi connectivity index (χ3n) is 4.97. The van der Waals surface area contributed by atoms with E-state index in [1.54, 1.807) is 18.0 Å². The first-order valence-electron chi connectivity index (χ1n) is 9.42. The zero-order valence-corrected chi connectivity index (χ0v) is 17.0. The second-order valence-electron chi connectivity index (χ2n) is 7.38. The summed E-state index contributed by atoms with van der Waals surface area (Å²) in [7, 11) is 0. The van der Waals surface area contributed by atoms with Gasteiger partial charge in [-0.1, -0.05) is 18.5 Å². The van der Waals surface area contributed by atoms with Crippen LogP contribution in [-0.4, -0.2) is 39.2 Å². The van der Waals surface area contributed by atoms with Crippen molar-refractivity contribution in [1.82, 2.24) is 20.2 Å². The van der Waals surface area contributed by atoms with Gasteiger partial charge in [0.05, 0.1) is 23.3 Å². The Morgan fingerprint density at radius 1 is 1.34 bits per heavy atom. The van der Waals surface area contributed by atoms with E-state index in [9.17, 15) is 18.7 Å². The van der Waals surface area contributed by atoms with Gasteiger partial charge in [-0.05, 0) is 37.0 Å². The lowest BCUT2D eigenvalue weighted by atomic mass is 10.1. The van der Waals surface area contributed by atoms with E-state index in [2.05, 4.69) is 15.3 Å². The van der Waals surface area contributed by atoms with Crippen LogP contribution in [0.1, 0.15) is 42.5 Å². The highest BCUT2D eigenvalue weighted by Crippen LogP contribution is 2.24. The number of nitrogens with one attached hydrogen (secondary N) is 1. The van der Waals surface area contributed by atoms with E-state index in [0.717, 1.165) is 23.4 Å². The number of aliphatic hydroxyl groups is 1. The second kappa shape index (κ2) is 9.00. The minimum Gasteiger partial charge on any atom is -0.396 e. The minimum absolute atomic E-state index is 0.0280. The Morgan fingerprint density at radius 3 is 2.83 bits per heavy atom. The summed E-state index contributed by atoms with van der Waals surface area (Å²) < 4.78 is 27.8. The normalized spacial score (nSPS) is 15.6. The van der Waals surface area contributed by atoms with Crippen molar-refractivity contribution in [2.45, 2.75) is 39.3 Å². The molecule has 29 heavy (non-hydrogen) atoms. The predicted molar refractivity (Wildman–Crippen MR) is 104 cm³/mol. The number of benzene rings is 1. The Labute approximate surface area is 172 Å². The first-order valence-corrected chi connectivity index (χ1v) is 9.80. The van der Waals surface area contributed by atoms with Gasteiger partial charge in [-0.2, -0.15) is 0 Å². The van der Waals surface area contributed by atoms with Crippen molar-refractivity contribution in [3.05, 3.63) is 57.6 Å². The van der Waals surface area contributed by atoms with Crippen molar-refractivity contribution in [2.24, 2.45) is 5.92 Å². The standard InChI is InChI=1S/C20H23ClF2N4O2/c1-11(10-28)5-19-24-8-13-3-4-27(9-18(13)26-19)20(29)25-12(2)14-6-17(23)15(21)7-16(14)22/h6-8,11-12,28H,3-5,9-10H2,1-2H3,(H,25,29)/t11-,12-/m1/s1. The molecule has 0 unspecified atom stereocenters. The van der Waals surface area contributed by atoms with Crippen LogP contribution in [0.15, 0.2) is 18.3 Å². The van der Waals surface area contributed by atoms with E-state index in [-0.39, 0.29) is 29.1 Å². The monoisotopic (exact) mass is 424 g/mol. The molecule has 2 N–H and O–H groups in total. The van der Waals surface area contributed by atoms with Crippen LogP contribution < -0.4 is 5.32 Å². The fraction of sp³-hybridized carbons (Fsp3) is 0.450. The second-order valence-corrected chi connectivity index (χ2v) is 7.79. The van der Waals surface area contributed by atoms with Crippen LogP contribution in [0.2, 0.25) is 5.02 Å². The van der Waals surface area contributed by atoms with Crippen LogP contribution in [0.3, 0.4) is 0 Å². The summed E-state index contributed by atoms with van der Waals surface area (Å²) in [4.78, 5) is 23.1. The van der Waals surface area contributed by atoms with Gasteiger partial charge in [-0.25, -0.2) is 23.5 Å². The number of carbonyl (C=O) groups excluding carboxylic acids is 1. The third-order valence-corrected chi connectivity index (χ3v) is 5.26. The summed E-state index contributed by atoms with van der Waals surface area (Å²) in [6.07, 6.45) is 2.93. The fourth-order valence-corrected chi connectivity index (χ4v) is 3.37. The summed E-state index contributed by atoms with van der Waals surface area (Å²) in [5.41, 5.74) is 1.77. The molecule has 0 radical (unpaired) electrons. The molecule has 0 saturated carbocycles. The molecule has 1 aromatic heterocycles. The molecule has 2 aromatic rings. The first kappa shape index (κ1) is 21.4. The van der Waals surface area contributed by atoms with Gasteiger partial charge >= 0.3 is 6.03 Å². The Kier molecular flexibility index (Phi) is 6.64. The number of nitrogens with zero attached hydrogens (tertiary/aromatic N) is 3. The number of urea groups is 1. The van der Waals surface area contributed by atoms with Crippen LogP contribution in [0.25, 0.3) is 0 Å². The van der Waals surface area contributed by atoms with Gasteiger partial charge in [-0.3, -0.25) is 0 Å². The average molecular weight is 425 g/mol. The molecule has 0 fully saturated rings. The topological polar surface area (TPSA) is 78.4 Å². The number of fused-ring (bicyclic) bond motifs is 1. The number of hydrogen-bond acceptors (Lipinski definition) is 4. The van der Waals surface area contributed by atoms with E-state index in [0.29, 0.717) is 31.8 Å². The summed E-state index contributed by atoms with van der Waals surface area (Å²) in [6, 6.07) is 0.775. The van der Waals surface area contributed by atoms with E-state index in [1.165, 1.54) is 0 Å². The van der Waals surface area contributed by atoms with E-state index in [1.807, 2.05) is 6.92 Å². The van der Waals surface area contributed by atoms with Gasteiger partial charge in [0.2, 0.25) is 0 Å². The van der Waals surface area contributed by atoms with Crippen molar-refractivity contribution >= 4 is 17.6 Å². The number of carbonyl (C=O) groups is 1. The molecule has 1 aromatic carbocycles. The molecule has 6 nitrogen and oxygen atoms in total. The maximum Gasteiger partial charge on any atom is 0.318 e. The fourth-order valence-electron chi connectivity index (χ4n) is 3.22. The molecule has 0 saturated heterocycles. The molecule has 2 atom stereocenters. The lowest BCUT2D eigenvalue weighted by molar-refractivity contribution is 0.187. The summed E-state index contributed by atoms with van der Waals surface area (Å²) in [5.74, 6) is -0.743. The number of rotatable bonds is 5. The van der Waals surface area contributed by atoms with Crippen molar-refractivity contribution in [1.29, 1.82) is 0 Å². The average Bonchev–Trinajstić information content (AvgIpc) is 2.69. The smallest absolute Gasteiger partial charge is 0.318 e. The van der Waals surface area contributed by atoms with E-state index in [4.69, 9.17) is 11.6 Å². The largest absolute Gasteiger partial charge is 0.396 e.